The van der Waals surface area contributed by atoms with Gasteiger partial charge in [0.05, 0.1) is 22.2 Å². The molecule has 2 rings (SSSR count). The number of halogens is 1. The van der Waals surface area contributed by atoms with Crippen LogP contribution in [0.25, 0.3) is 0 Å². The van der Waals surface area contributed by atoms with Gasteiger partial charge >= 0.3 is 0 Å². The molecule has 1 aromatic carbocycles. The van der Waals surface area contributed by atoms with Crippen LogP contribution < -0.4 is 5.32 Å². The van der Waals surface area contributed by atoms with Crippen LogP contribution in [0.4, 0.5) is 15.8 Å². The number of hydrogen-bond acceptors (Lipinski definition) is 5. The van der Waals surface area contributed by atoms with Crippen molar-refractivity contribution in [3.63, 3.8) is 0 Å². The van der Waals surface area contributed by atoms with Gasteiger partial charge < -0.3 is 5.32 Å². The van der Waals surface area contributed by atoms with Gasteiger partial charge in [-0.05, 0) is 6.07 Å². The van der Waals surface area contributed by atoms with Gasteiger partial charge in [0.1, 0.15) is 5.69 Å². The minimum atomic E-state index is -0.643. The molecular weight excluding hydrogens is 293 g/mol. The quantitative estimate of drug-likeness (QED) is 0.682. The van der Waals surface area contributed by atoms with E-state index in [-0.39, 0.29) is 23.3 Å². The fourth-order valence-electron chi connectivity index (χ4n) is 1.75. The molecule has 0 fully saturated rings. The molecule has 0 spiro atoms. The molecule has 21 heavy (non-hydrogen) atoms. The Labute approximate surface area is 126 Å². The van der Waals surface area contributed by atoms with Crippen molar-refractivity contribution in [2.24, 2.45) is 0 Å². The number of thiazole rings is 1. The lowest BCUT2D eigenvalue weighted by molar-refractivity contribution is -0.384. The Kier molecular flexibility index (Phi) is 4.22. The van der Waals surface area contributed by atoms with E-state index in [1.807, 2.05) is 5.38 Å². The summed E-state index contributed by atoms with van der Waals surface area (Å²) in [4.78, 5) is 14.8. The first-order valence-corrected chi connectivity index (χ1v) is 7.28. The Morgan fingerprint density at radius 3 is 2.71 bits per heavy atom. The van der Waals surface area contributed by atoms with Crippen LogP contribution in [0.3, 0.4) is 0 Å². The topological polar surface area (TPSA) is 68.1 Å². The van der Waals surface area contributed by atoms with Gasteiger partial charge in [-0.3, -0.25) is 10.1 Å². The lowest BCUT2D eigenvalue weighted by Gasteiger charge is -2.13. The zero-order chi connectivity index (χ0) is 15.6. The van der Waals surface area contributed by atoms with Gasteiger partial charge in [0.2, 0.25) is 0 Å². The first kappa shape index (κ1) is 15.4. The molecule has 5 nitrogen and oxygen atoms in total. The number of aromatic nitrogens is 1. The van der Waals surface area contributed by atoms with Gasteiger partial charge in [0.15, 0.2) is 5.82 Å². The van der Waals surface area contributed by atoms with Gasteiger partial charge in [-0.2, -0.15) is 0 Å². The second-order valence-electron chi connectivity index (χ2n) is 5.64. The van der Waals surface area contributed by atoms with Crippen LogP contribution in [0.5, 0.6) is 0 Å². The molecule has 0 saturated heterocycles. The third kappa shape index (κ3) is 3.55. The summed E-state index contributed by atoms with van der Waals surface area (Å²) in [6, 6.07) is 3.78. The predicted molar refractivity (Wildman–Crippen MR) is 81.2 cm³/mol. The maximum Gasteiger partial charge on any atom is 0.295 e. The number of benzene rings is 1. The summed E-state index contributed by atoms with van der Waals surface area (Å²) in [6.45, 7) is 6.43. The summed E-state index contributed by atoms with van der Waals surface area (Å²) in [7, 11) is 0. The van der Waals surface area contributed by atoms with Crippen molar-refractivity contribution in [3.8, 4) is 0 Å². The predicted octanol–water partition coefficient (Wildman–Crippen LogP) is 4.10. The fourth-order valence-corrected chi connectivity index (χ4v) is 2.66. The molecule has 0 unspecified atom stereocenters. The highest BCUT2D eigenvalue weighted by atomic mass is 32.1. The highest BCUT2D eigenvalue weighted by molar-refractivity contribution is 7.09. The molecule has 2 aromatic rings. The maximum absolute atomic E-state index is 13.7. The maximum atomic E-state index is 13.7. The van der Waals surface area contributed by atoms with E-state index in [1.54, 1.807) is 0 Å². The summed E-state index contributed by atoms with van der Waals surface area (Å²) in [5.41, 5.74) is 0.309. The smallest absolute Gasteiger partial charge is 0.295 e. The van der Waals surface area contributed by atoms with E-state index in [1.165, 1.54) is 29.5 Å². The number of nitro groups is 1. The number of rotatable bonds is 4. The van der Waals surface area contributed by atoms with E-state index in [0.29, 0.717) is 0 Å². The van der Waals surface area contributed by atoms with Crippen molar-refractivity contribution in [1.82, 2.24) is 4.98 Å². The summed E-state index contributed by atoms with van der Waals surface area (Å²) in [5, 5.41) is 16.5. The van der Waals surface area contributed by atoms with Crippen LogP contribution in [0.1, 0.15) is 31.5 Å². The molecule has 7 heteroatoms. The van der Waals surface area contributed by atoms with Crippen molar-refractivity contribution < 1.29 is 9.31 Å². The first-order chi connectivity index (χ1) is 9.79. The van der Waals surface area contributed by atoms with Crippen LogP contribution in [-0.4, -0.2) is 9.91 Å². The molecule has 1 heterocycles. The van der Waals surface area contributed by atoms with E-state index < -0.39 is 10.7 Å². The van der Waals surface area contributed by atoms with E-state index in [2.05, 4.69) is 31.1 Å². The van der Waals surface area contributed by atoms with Gasteiger partial charge in [-0.15, -0.1) is 11.3 Å². The molecule has 0 atom stereocenters. The van der Waals surface area contributed by atoms with Crippen LogP contribution >= 0.6 is 11.3 Å². The van der Waals surface area contributed by atoms with Crippen molar-refractivity contribution in [2.45, 2.75) is 32.7 Å². The monoisotopic (exact) mass is 309 g/mol. The summed E-state index contributed by atoms with van der Waals surface area (Å²) in [5.74, 6) is -0.643. The molecular formula is C14H16FN3O2S. The van der Waals surface area contributed by atoms with Gasteiger partial charge in [-0.25, -0.2) is 9.37 Å². The normalized spacial score (nSPS) is 11.4. The van der Waals surface area contributed by atoms with Gasteiger partial charge in [-0.1, -0.05) is 26.8 Å². The highest BCUT2D eigenvalue weighted by Crippen LogP contribution is 2.29. The molecule has 0 saturated carbocycles. The Balaban J connectivity index is 2.17. The molecule has 0 bridgehead atoms. The number of para-hydroxylation sites is 1. The van der Waals surface area contributed by atoms with Crippen molar-refractivity contribution >= 4 is 22.7 Å². The summed E-state index contributed by atoms with van der Waals surface area (Å²) < 4.78 is 13.7. The molecule has 0 amide bonds. The summed E-state index contributed by atoms with van der Waals surface area (Å²) >= 11 is 1.53. The molecule has 1 N–H and O–H groups in total. The SMILES string of the molecule is CC(C)(C)c1nc(CNc2c(F)cccc2[N+](=O)[O-])cs1. The molecule has 0 aliphatic heterocycles. The zero-order valence-electron chi connectivity index (χ0n) is 12.0. The molecule has 1 aromatic heterocycles. The van der Waals surface area contributed by atoms with E-state index in [0.717, 1.165) is 10.7 Å². The Bertz CT molecular complexity index is 664. The summed E-state index contributed by atoms with van der Waals surface area (Å²) in [6.07, 6.45) is 0. The molecule has 0 aliphatic rings. The van der Waals surface area contributed by atoms with Gasteiger partial charge in [0.25, 0.3) is 5.69 Å². The minimum Gasteiger partial charge on any atom is -0.371 e. The number of nitro benzene ring substituents is 1. The van der Waals surface area contributed by atoms with Crippen molar-refractivity contribution in [1.29, 1.82) is 0 Å². The lowest BCUT2D eigenvalue weighted by atomic mass is 9.98. The Hall–Kier alpha value is -2.02. The molecule has 112 valence electrons. The number of anilines is 1. The van der Waals surface area contributed by atoms with Crippen LogP contribution in [-0.2, 0) is 12.0 Å². The van der Waals surface area contributed by atoms with E-state index in [9.17, 15) is 14.5 Å². The second-order valence-corrected chi connectivity index (χ2v) is 6.50. The zero-order valence-corrected chi connectivity index (χ0v) is 12.8. The fraction of sp³-hybridized carbons (Fsp3) is 0.357. The number of nitrogens with one attached hydrogen (secondary N) is 1. The van der Waals surface area contributed by atoms with E-state index in [4.69, 9.17) is 0 Å². The number of nitrogens with zero attached hydrogens (tertiary/aromatic N) is 2. The Morgan fingerprint density at radius 1 is 1.43 bits per heavy atom. The lowest BCUT2D eigenvalue weighted by Crippen LogP contribution is -2.11. The molecule has 0 aliphatic carbocycles. The van der Waals surface area contributed by atoms with Gasteiger partial charge in [0, 0.05) is 16.9 Å². The number of hydrogen-bond donors (Lipinski definition) is 1. The van der Waals surface area contributed by atoms with Crippen molar-refractivity contribution in [3.05, 3.63) is 50.2 Å². The average molecular weight is 309 g/mol. The largest absolute Gasteiger partial charge is 0.371 e. The Morgan fingerprint density at radius 2 is 2.14 bits per heavy atom. The standard InChI is InChI=1S/C14H16FN3O2S/c1-14(2,3)13-17-9(8-21-13)7-16-12-10(15)5-4-6-11(12)18(19)20/h4-6,8,16H,7H2,1-3H3. The highest BCUT2D eigenvalue weighted by Gasteiger charge is 2.20. The molecule has 0 radical (unpaired) electrons. The van der Waals surface area contributed by atoms with E-state index >= 15 is 0 Å². The third-order valence-electron chi connectivity index (χ3n) is 2.83. The van der Waals surface area contributed by atoms with Crippen LogP contribution in [0.15, 0.2) is 23.6 Å². The van der Waals surface area contributed by atoms with Crippen molar-refractivity contribution in [2.75, 3.05) is 5.32 Å². The second kappa shape index (κ2) is 5.77. The van der Waals surface area contributed by atoms with Crippen LogP contribution in [0, 0.1) is 15.9 Å². The average Bonchev–Trinajstić information content (AvgIpc) is 2.85. The minimum absolute atomic E-state index is 0.0487. The first-order valence-electron chi connectivity index (χ1n) is 6.40. The third-order valence-corrected chi connectivity index (χ3v) is 4.14. The van der Waals surface area contributed by atoms with Crippen LogP contribution in [0.2, 0.25) is 0 Å².